The molecule has 0 radical (unpaired) electrons. The molecule has 7 nitrogen and oxygen atoms in total. The summed E-state index contributed by atoms with van der Waals surface area (Å²) in [5, 5.41) is 13.2. The highest BCUT2D eigenvalue weighted by molar-refractivity contribution is 5.93. The van der Waals surface area contributed by atoms with Gasteiger partial charge in [-0.05, 0) is 12.8 Å². The highest BCUT2D eigenvalue weighted by atomic mass is 35.5. The molecule has 0 spiro atoms. The van der Waals surface area contributed by atoms with Crippen molar-refractivity contribution in [3.05, 3.63) is 18.0 Å². The van der Waals surface area contributed by atoms with E-state index in [-0.39, 0.29) is 30.8 Å². The van der Waals surface area contributed by atoms with Crippen molar-refractivity contribution in [2.75, 3.05) is 19.6 Å². The largest absolute Gasteiger partial charge is 0.352 e. The molecule has 24 heavy (non-hydrogen) atoms. The Hall–Kier alpha value is -1.60. The lowest BCUT2D eigenvalue weighted by Gasteiger charge is -2.26. The number of nitrogens with zero attached hydrogens (tertiary/aromatic N) is 2. The average molecular weight is 356 g/mol. The minimum Gasteiger partial charge on any atom is -0.352 e. The second-order valence-corrected chi connectivity index (χ2v) is 6.56. The lowest BCUT2D eigenvalue weighted by Crippen LogP contribution is -2.48. The standard InChI is InChI=1S/C16H25N5O2.ClH/c22-15(20-14-4-2-1-3-5-14)11-21-10-13(9-19-21)16(23)18-8-12-6-17-7-12;/h9-10,12,14,17H,1-8,11H2,(H,18,23)(H,20,22);1H. The maximum absolute atomic E-state index is 12.0. The Labute approximate surface area is 148 Å². The van der Waals surface area contributed by atoms with Crippen molar-refractivity contribution >= 4 is 24.2 Å². The van der Waals surface area contributed by atoms with Gasteiger partial charge in [-0.25, -0.2) is 0 Å². The van der Waals surface area contributed by atoms with Gasteiger partial charge in [-0.1, -0.05) is 19.3 Å². The number of rotatable bonds is 6. The van der Waals surface area contributed by atoms with Crippen LogP contribution in [-0.4, -0.2) is 47.3 Å². The molecule has 0 aromatic carbocycles. The van der Waals surface area contributed by atoms with E-state index in [0.717, 1.165) is 25.9 Å². The van der Waals surface area contributed by atoms with E-state index in [1.54, 1.807) is 6.20 Å². The van der Waals surface area contributed by atoms with Gasteiger partial charge in [0.2, 0.25) is 5.91 Å². The monoisotopic (exact) mass is 355 g/mol. The third kappa shape index (κ3) is 5.21. The maximum atomic E-state index is 12.0. The number of carbonyl (C=O) groups is 2. The summed E-state index contributed by atoms with van der Waals surface area (Å²) in [4.78, 5) is 24.1. The van der Waals surface area contributed by atoms with E-state index in [9.17, 15) is 9.59 Å². The summed E-state index contributed by atoms with van der Waals surface area (Å²) in [6.45, 7) is 2.76. The highest BCUT2D eigenvalue weighted by Crippen LogP contribution is 2.17. The predicted octanol–water partition coefficient (Wildman–Crippen LogP) is 0.703. The second-order valence-electron chi connectivity index (χ2n) is 6.56. The zero-order chi connectivity index (χ0) is 16.1. The summed E-state index contributed by atoms with van der Waals surface area (Å²) in [7, 11) is 0. The molecule has 134 valence electrons. The summed E-state index contributed by atoms with van der Waals surface area (Å²) in [5.74, 6) is 0.360. The van der Waals surface area contributed by atoms with Crippen molar-refractivity contribution in [3.8, 4) is 0 Å². The zero-order valence-electron chi connectivity index (χ0n) is 13.8. The van der Waals surface area contributed by atoms with Gasteiger partial charge in [0.15, 0.2) is 0 Å². The van der Waals surface area contributed by atoms with Crippen LogP contribution >= 0.6 is 12.4 Å². The molecule has 2 fully saturated rings. The molecule has 3 rings (SSSR count). The predicted molar refractivity (Wildman–Crippen MR) is 93.2 cm³/mol. The molecule has 1 aliphatic heterocycles. The molecule has 2 heterocycles. The van der Waals surface area contributed by atoms with Crippen molar-refractivity contribution < 1.29 is 9.59 Å². The Balaban J connectivity index is 0.00000208. The summed E-state index contributed by atoms with van der Waals surface area (Å²) >= 11 is 0. The summed E-state index contributed by atoms with van der Waals surface area (Å²) < 4.78 is 1.53. The topological polar surface area (TPSA) is 88.1 Å². The minimum atomic E-state index is -0.129. The third-order valence-corrected chi connectivity index (χ3v) is 4.59. The summed E-state index contributed by atoms with van der Waals surface area (Å²) in [6.07, 6.45) is 8.92. The number of carbonyl (C=O) groups excluding carboxylic acids is 2. The van der Waals surface area contributed by atoms with E-state index < -0.39 is 0 Å². The van der Waals surface area contributed by atoms with Gasteiger partial charge in [0.25, 0.3) is 5.91 Å². The van der Waals surface area contributed by atoms with Gasteiger partial charge in [0.1, 0.15) is 6.54 Å². The highest BCUT2D eigenvalue weighted by Gasteiger charge is 2.19. The van der Waals surface area contributed by atoms with Crippen molar-refractivity contribution in [1.29, 1.82) is 0 Å². The number of halogens is 1. The fourth-order valence-electron chi connectivity index (χ4n) is 3.07. The van der Waals surface area contributed by atoms with Crippen LogP contribution < -0.4 is 16.0 Å². The second kappa shape index (κ2) is 9.03. The van der Waals surface area contributed by atoms with Crippen LogP contribution in [0.25, 0.3) is 0 Å². The van der Waals surface area contributed by atoms with Crippen LogP contribution in [0.5, 0.6) is 0 Å². The molecule has 1 aromatic heterocycles. The van der Waals surface area contributed by atoms with Gasteiger partial charge in [-0.3, -0.25) is 14.3 Å². The van der Waals surface area contributed by atoms with Crippen LogP contribution in [-0.2, 0) is 11.3 Å². The van der Waals surface area contributed by atoms with Crippen LogP contribution in [0.3, 0.4) is 0 Å². The van der Waals surface area contributed by atoms with E-state index in [1.807, 2.05) is 0 Å². The molecule has 1 saturated carbocycles. The SMILES string of the molecule is Cl.O=C(Cn1cc(C(=O)NCC2CNC2)cn1)NC1CCCCC1. The normalized spacial score (nSPS) is 18.3. The number of nitrogens with one attached hydrogen (secondary N) is 3. The first-order valence-electron chi connectivity index (χ1n) is 8.51. The van der Waals surface area contributed by atoms with Crippen LogP contribution in [0.2, 0.25) is 0 Å². The lowest BCUT2D eigenvalue weighted by molar-refractivity contribution is -0.122. The Kier molecular flexibility index (Phi) is 7.05. The molecule has 0 atom stereocenters. The van der Waals surface area contributed by atoms with Crippen molar-refractivity contribution in [2.45, 2.75) is 44.7 Å². The van der Waals surface area contributed by atoms with Gasteiger partial charge in [-0.15, -0.1) is 12.4 Å². The molecular weight excluding hydrogens is 330 g/mol. The molecule has 1 aromatic rings. The Morgan fingerprint density at radius 1 is 1.25 bits per heavy atom. The molecule has 2 amide bonds. The van der Waals surface area contributed by atoms with Gasteiger partial charge in [-0.2, -0.15) is 5.10 Å². The minimum absolute atomic E-state index is 0. The smallest absolute Gasteiger partial charge is 0.254 e. The first-order chi connectivity index (χ1) is 11.2. The quantitative estimate of drug-likeness (QED) is 0.701. The van der Waals surface area contributed by atoms with Gasteiger partial charge in [0, 0.05) is 37.8 Å². The van der Waals surface area contributed by atoms with E-state index in [0.29, 0.717) is 24.1 Å². The molecule has 8 heteroatoms. The van der Waals surface area contributed by atoms with Gasteiger partial charge < -0.3 is 16.0 Å². The van der Waals surface area contributed by atoms with Crippen molar-refractivity contribution in [1.82, 2.24) is 25.7 Å². The summed E-state index contributed by atoms with van der Waals surface area (Å²) in [5.41, 5.74) is 0.503. The van der Waals surface area contributed by atoms with E-state index >= 15 is 0 Å². The number of hydrogen-bond acceptors (Lipinski definition) is 4. The molecule has 1 saturated heterocycles. The van der Waals surface area contributed by atoms with E-state index in [1.165, 1.54) is 30.1 Å². The van der Waals surface area contributed by atoms with Crippen molar-refractivity contribution in [2.24, 2.45) is 5.92 Å². The molecule has 2 aliphatic rings. The van der Waals surface area contributed by atoms with Crippen LogP contribution in [0.4, 0.5) is 0 Å². The van der Waals surface area contributed by atoms with Crippen LogP contribution in [0, 0.1) is 5.92 Å². The fraction of sp³-hybridized carbons (Fsp3) is 0.688. The van der Waals surface area contributed by atoms with E-state index in [4.69, 9.17) is 0 Å². The maximum Gasteiger partial charge on any atom is 0.254 e. The Morgan fingerprint density at radius 3 is 2.67 bits per heavy atom. The number of hydrogen-bond donors (Lipinski definition) is 3. The van der Waals surface area contributed by atoms with Crippen molar-refractivity contribution in [3.63, 3.8) is 0 Å². The van der Waals surface area contributed by atoms with Gasteiger partial charge >= 0.3 is 0 Å². The first kappa shape index (κ1) is 18.7. The molecule has 1 aliphatic carbocycles. The number of aromatic nitrogens is 2. The van der Waals surface area contributed by atoms with E-state index in [2.05, 4.69) is 21.0 Å². The zero-order valence-corrected chi connectivity index (χ0v) is 14.6. The first-order valence-corrected chi connectivity index (χ1v) is 8.51. The fourth-order valence-corrected chi connectivity index (χ4v) is 3.07. The molecule has 0 unspecified atom stereocenters. The Morgan fingerprint density at radius 2 is 2.00 bits per heavy atom. The molecule has 0 bridgehead atoms. The van der Waals surface area contributed by atoms with Gasteiger partial charge in [0.05, 0.1) is 11.8 Å². The average Bonchev–Trinajstić information content (AvgIpc) is 2.95. The lowest BCUT2D eigenvalue weighted by atomic mass is 9.95. The third-order valence-electron chi connectivity index (χ3n) is 4.59. The van der Waals surface area contributed by atoms with Crippen LogP contribution in [0.1, 0.15) is 42.5 Å². The Bertz CT molecular complexity index is 552. The molecule has 3 N–H and O–H groups in total. The summed E-state index contributed by atoms with van der Waals surface area (Å²) in [6, 6.07) is 0.297. The van der Waals surface area contributed by atoms with Crippen LogP contribution in [0.15, 0.2) is 12.4 Å². The number of amides is 2. The molecular formula is C16H26ClN5O2.